The summed E-state index contributed by atoms with van der Waals surface area (Å²) in [6.07, 6.45) is 6.34. The number of hydrogen-bond acceptors (Lipinski definition) is 4. The second-order valence-corrected chi connectivity index (χ2v) is 6.25. The number of aromatic nitrogens is 2. The van der Waals surface area contributed by atoms with Crippen molar-refractivity contribution in [2.75, 3.05) is 25.0 Å². The van der Waals surface area contributed by atoms with Gasteiger partial charge in [-0.05, 0) is 32.2 Å². The molecule has 2 heterocycles. The Morgan fingerprint density at radius 1 is 1.45 bits per heavy atom. The van der Waals surface area contributed by atoms with E-state index in [0.717, 1.165) is 26.1 Å². The highest BCUT2D eigenvalue weighted by Crippen LogP contribution is 2.28. The molecule has 1 atom stereocenters. The smallest absolute Gasteiger partial charge is 0.291 e. The molecular formula is C14H21ClN4O. The number of nitrogens with zero attached hydrogens (tertiary/aromatic N) is 3. The molecule has 1 aromatic heterocycles. The molecule has 2 fully saturated rings. The SMILES string of the molecule is CNC1CCN(c2c(Cl)cnn(CC3CCC3)c2=O)C1. The Morgan fingerprint density at radius 3 is 2.85 bits per heavy atom. The zero-order valence-corrected chi connectivity index (χ0v) is 12.6. The van der Waals surface area contributed by atoms with Crippen molar-refractivity contribution in [2.45, 2.75) is 38.3 Å². The Morgan fingerprint density at radius 2 is 2.25 bits per heavy atom. The van der Waals surface area contributed by atoms with Crippen molar-refractivity contribution in [3.05, 3.63) is 21.6 Å². The molecule has 5 nitrogen and oxygen atoms in total. The van der Waals surface area contributed by atoms with Crippen LogP contribution in [-0.4, -0.2) is 36.0 Å². The molecule has 0 bridgehead atoms. The second kappa shape index (κ2) is 5.74. The zero-order chi connectivity index (χ0) is 14.1. The maximum Gasteiger partial charge on any atom is 0.291 e. The number of nitrogens with one attached hydrogen (secondary N) is 1. The summed E-state index contributed by atoms with van der Waals surface area (Å²) in [5.74, 6) is 0.609. The molecule has 0 amide bonds. The first-order valence-electron chi connectivity index (χ1n) is 7.37. The predicted octanol–water partition coefficient (Wildman–Crippen LogP) is 1.49. The molecule has 6 heteroatoms. The lowest BCUT2D eigenvalue weighted by Crippen LogP contribution is -2.36. The van der Waals surface area contributed by atoms with Crippen LogP contribution in [0.25, 0.3) is 0 Å². The van der Waals surface area contributed by atoms with Crippen LogP contribution in [0.5, 0.6) is 0 Å². The first kappa shape index (κ1) is 13.9. The normalized spacial score (nSPS) is 23.1. The minimum absolute atomic E-state index is 0.0406. The number of anilines is 1. The summed E-state index contributed by atoms with van der Waals surface area (Å²) in [7, 11) is 1.96. The molecule has 1 saturated heterocycles. The molecular weight excluding hydrogens is 276 g/mol. The van der Waals surface area contributed by atoms with Crippen molar-refractivity contribution >= 4 is 17.3 Å². The summed E-state index contributed by atoms with van der Waals surface area (Å²) in [6.45, 7) is 2.43. The van der Waals surface area contributed by atoms with Crippen LogP contribution >= 0.6 is 11.6 Å². The van der Waals surface area contributed by atoms with E-state index in [1.165, 1.54) is 19.3 Å². The standard InChI is InChI=1S/C14H21ClN4O/c1-16-11-5-6-18(9-11)13-12(15)7-17-19(14(13)20)8-10-3-2-4-10/h7,10-11,16H,2-6,8-9H2,1H3. The van der Waals surface area contributed by atoms with Crippen molar-refractivity contribution < 1.29 is 0 Å². The average molecular weight is 297 g/mol. The first-order chi connectivity index (χ1) is 9.69. The van der Waals surface area contributed by atoms with Gasteiger partial charge in [0.05, 0.1) is 11.2 Å². The summed E-state index contributed by atoms with van der Waals surface area (Å²) >= 11 is 6.22. The van der Waals surface area contributed by atoms with E-state index in [1.807, 2.05) is 7.05 Å². The molecule has 1 aliphatic carbocycles. The van der Waals surface area contributed by atoms with E-state index in [9.17, 15) is 4.79 Å². The molecule has 0 aromatic carbocycles. The Kier molecular flexibility index (Phi) is 3.98. The summed E-state index contributed by atoms with van der Waals surface area (Å²) < 4.78 is 1.59. The minimum atomic E-state index is -0.0406. The average Bonchev–Trinajstić information content (AvgIpc) is 2.84. The summed E-state index contributed by atoms with van der Waals surface area (Å²) in [5.41, 5.74) is 0.583. The van der Waals surface area contributed by atoms with Crippen LogP contribution < -0.4 is 15.8 Å². The monoisotopic (exact) mass is 296 g/mol. The van der Waals surface area contributed by atoms with E-state index in [2.05, 4.69) is 15.3 Å². The van der Waals surface area contributed by atoms with Gasteiger partial charge in [0.1, 0.15) is 5.69 Å². The van der Waals surface area contributed by atoms with Gasteiger partial charge in [-0.1, -0.05) is 18.0 Å². The molecule has 1 unspecified atom stereocenters. The fourth-order valence-corrected chi connectivity index (χ4v) is 3.24. The fraction of sp³-hybridized carbons (Fsp3) is 0.714. The van der Waals surface area contributed by atoms with Crippen LogP contribution in [0.1, 0.15) is 25.7 Å². The molecule has 0 radical (unpaired) electrons. The summed E-state index contributed by atoms with van der Waals surface area (Å²) in [5, 5.41) is 7.93. The lowest BCUT2D eigenvalue weighted by molar-refractivity contribution is 0.262. The van der Waals surface area contributed by atoms with Crippen LogP contribution in [-0.2, 0) is 6.54 Å². The molecule has 110 valence electrons. The highest BCUT2D eigenvalue weighted by molar-refractivity contribution is 6.33. The molecule has 20 heavy (non-hydrogen) atoms. The quantitative estimate of drug-likeness (QED) is 0.915. The van der Waals surface area contributed by atoms with Crippen LogP contribution in [0.2, 0.25) is 5.02 Å². The van der Waals surface area contributed by atoms with Gasteiger partial charge in [-0.3, -0.25) is 4.79 Å². The third kappa shape index (κ3) is 2.56. The fourth-order valence-electron chi connectivity index (χ4n) is 2.99. The highest BCUT2D eigenvalue weighted by Gasteiger charge is 2.27. The largest absolute Gasteiger partial charge is 0.364 e. The minimum Gasteiger partial charge on any atom is -0.364 e. The third-order valence-corrected chi connectivity index (χ3v) is 4.82. The summed E-state index contributed by atoms with van der Waals surface area (Å²) in [6, 6.07) is 0.429. The molecule has 1 aromatic rings. The Hall–Kier alpha value is -1.07. The first-order valence-corrected chi connectivity index (χ1v) is 7.74. The van der Waals surface area contributed by atoms with E-state index < -0.39 is 0 Å². The van der Waals surface area contributed by atoms with Gasteiger partial charge >= 0.3 is 0 Å². The third-order valence-electron chi connectivity index (χ3n) is 4.54. The number of halogens is 1. The molecule has 3 rings (SSSR count). The van der Waals surface area contributed by atoms with Gasteiger partial charge < -0.3 is 10.2 Å². The lowest BCUT2D eigenvalue weighted by Gasteiger charge is -2.26. The van der Waals surface area contributed by atoms with Crippen molar-refractivity contribution in [3.8, 4) is 0 Å². The van der Waals surface area contributed by atoms with Crippen LogP contribution in [0.15, 0.2) is 11.0 Å². The highest BCUT2D eigenvalue weighted by atomic mass is 35.5. The van der Waals surface area contributed by atoms with Crippen molar-refractivity contribution in [2.24, 2.45) is 5.92 Å². The number of rotatable bonds is 4. The van der Waals surface area contributed by atoms with Crippen LogP contribution in [0, 0.1) is 5.92 Å². The van der Waals surface area contributed by atoms with Crippen molar-refractivity contribution in [1.82, 2.24) is 15.1 Å². The molecule has 0 spiro atoms. The van der Waals surface area contributed by atoms with Crippen molar-refractivity contribution in [1.29, 1.82) is 0 Å². The van der Waals surface area contributed by atoms with Gasteiger partial charge in [0, 0.05) is 25.7 Å². The second-order valence-electron chi connectivity index (χ2n) is 5.85. The van der Waals surface area contributed by atoms with E-state index in [4.69, 9.17) is 11.6 Å². The van der Waals surface area contributed by atoms with Gasteiger partial charge in [0.15, 0.2) is 0 Å². The Labute approximate surface area is 123 Å². The topological polar surface area (TPSA) is 50.2 Å². The molecule has 1 N–H and O–H groups in total. The van der Waals surface area contributed by atoms with E-state index in [-0.39, 0.29) is 5.56 Å². The van der Waals surface area contributed by atoms with E-state index >= 15 is 0 Å². The van der Waals surface area contributed by atoms with Crippen LogP contribution in [0.4, 0.5) is 5.69 Å². The number of hydrogen-bond donors (Lipinski definition) is 1. The van der Waals surface area contributed by atoms with E-state index in [1.54, 1.807) is 10.9 Å². The Bertz CT molecular complexity index is 540. The van der Waals surface area contributed by atoms with Gasteiger partial charge in [0.25, 0.3) is 5.56 Å². The predicted molar refractivity (Wildman–Crippen MR) is 80.5 cm³/mol. The number of likely N-dealkylation sites (N-methyl/N-ethyl adjacent to an activating group) is 1. The van der Waals surface area contributed by atoms with Gasteiger partial charge in [-0.25, -0.2) is 4.68 Å². The molecule has 1 aliphatic heterocycles. The molecule has 2 aliphatic rings. The van der Waals surface area contributed by atoms with Crippen molar-refractivity contribution in [3.63, 3.8) is 0 Å². The van der Waals surface area contributed by atoms with E-state index in [0.29, 0.717) is 22.7 Å². The lowest BCUT2D eigenvalue weighted by atomic mass is 9.85. The van der Waals surface area contributed by atoms with Gasteiger partial charge in [-0.2, -0.15) is 5.10 Å². The Balaban J connectivity index is 1.85. The van der Waals surface area contributed by atoms with Gasteiger partial charge in [0.2, 0.25) is 0 Å². The zero-order valence-electron chi connectivity index (χ0n) is 11.8. The molecule has 1 saturated carbocycles. The summed E-state index contributed by atoms with van der Waals surface area (Å²) in [4.78, 5) is 14.7. The maximum atomic E-state index is 12.6. The van der Waals surface area contributed by atoms with Crippen LogP contribution in [0.3, 0.4) is 0 Å². The maximum absolute atomic E-state index is 12.6. The van der Waals surface area contributed by atoms with Gasteiger partial charge in [-0.15, -0.1) is 0 Å².